The molecule has 0 radical (unpaired) electrons. The van der Waals surface area contributed by atoms with E-state index in [2.05, 4.69) is 20.3 Å². The number of aliphatic hydroxyl groups excluding tert-OH is 1. The van der Waals surface area contributed by atoms with Crippen LogP contribution in [0.2, 0.25) is 0 Å². The number of carbonyl (C=O) groups is 2. The van der Waals surface area contributed by atoms with Gasteiger partial charge >= 0.3 is 11.9 Å². The lowest BCUT2D eigenvalue weighted by atomic mass is 9.89. The van der Waals surface area contributed by atoms with Crippen LogP contribution in [0.1, 0.15) is 37.8 Å². The van der Waals surface area contributed by atoms with Crippen LogP contribution >= 0.6 is 0 Å². The Hall–Kier alpha value is -4.89. The highest BCUT2D eigenvalue weighted by Gasteiger charge is 2.42. The average molecular weight is 622 g/mol. The quantitative estimate of drug-likeness (QED) is 0.263. The number of guanidine groups is 1. The molecular formula is C30H35N7O8. The minimum absolute atomic E-state index is 0.00356. The van der Waals surface area contributed by atoms with E-state index in [1.165, 1.54) is 0 Å². The Kier molecular flexibility index (Phi) is 7.97. The first-order valence-electron chi connectivity index (χ1n) is 14.6. The maximum absolute atomic E-state index is 12.8. The number of nitrogens with one attached hydrogen (secondary N) is 1. The third-order valence-electron chi connectivity index (χ3n) is 8.12. The number of nitrogens with zero attached hydrogens (tertiary/aromatic N) is 5. The molecular weight excluding hydrogens is 586 g/mol. The Morgan fingerprint density at radius 3 is 2.91 bits per heavy atom. The number of amides is 1. The molecule has 1 aromatic carbocycles. The molecule has 0 spiro atoms. The van der Waals surface area contributed by atoms with Crippen LogP contribution in [-0.4, -0.2) is 101 Å². The molecule has 6 rings (SSSR count). The van der Waals surface area contributed by atoms with Crippen molar-refractivity contribution in [2.45, 2.75) is 51.1 Å². The topological polar surface area (TPSA) is 193 Å². The van der Waals surface area contributed by atoms with Gasteiger partial charge in [0.2, 0.25) is 11.7 Å². The molecule has 45 heavy (non-hydrogen) atoms. The van der Waals surface area contributed by atoms with E-state index in [0.717, 1.165) is 5.56 Å². The van der Waals surface area contributed by atoms with Crippen molar-refractivity contribution >= 4 is 35.0 Å². The normalized spacial score (nSPS) is 23.5. The lowest BCUT2D eigenvalue weighted by molar-refractivity contribution is -0.141. The summed E-state index contributed by atoms with van der Waals surface area (Å²) in [7, 11) is 1.55. The molecule has 15 heteroatoms. The zero-order valence-electron chi connectivity index (χ0n) is 25.1. The minimum atomic E-state index is -1.20. The number of aliphatic hydroxyl groups is 2. The first-order chi connectivity index (χ1) is 21.6. The Morgan fingerprint density at radius 2 is 2.16 bits per heavy atom. The number of benzene rings is 1. The highest BCUT2D eigenvalue weighted by Crippen LogP contribution is 2.50. The summed E-state index contributed by atoms with van der Waals surface area (Å²) >= 11 is 0. The van der Waals surface area contributed by atoms with Crippen molar-refractivity contribution in [2.24, 2.45) is 20.7 Å². The smallest absolute Gasteiger partial charge is 0.374 e. The van der Waals surface area contributed by atoms with Crippen LogP contribution in [0.25, 0.3) is 5.57 Å². The number of nitrogens with two attached hydrogens (primary N) is 1. The zero-order chi connectivity index (χ0) is 31.9. The number of hydrogen-bond donors (Lipinski definition) is 4. The molecule has 0 bridgehead atoms. The van der Waals surface area contributed by atoms with Crippen LogP contribution < -0.4 is 25.3 Å². The van der Waals surface area contributed by atoms with Crippen LogP contribution in [0.15, 0.2) is 51.4 Å². The van der Waals surface area contributed by atoms with Gasteiger partial charge in [0.15, 0.2) is 17.8 Å². The summed E-state index contributed by atoms with van der Waals surface area (Å²) in [5.41, 5.74) is 6.74. The van der Waals surface area contributed by atoms with Crippen molar-refractivity contribution in [3.63, 3.8) is 0 Å². The van der Waals surface area contributed by atoms with Crippen LogP contribution in [0.3, 0.4) is 0 Å². The number of hydrogen-bond acceptors (Lipinski definition) is 14. The number of allylic oxidation sites excluding steroid dienone is 2. The Bertz CT molecular complexity index is 1610. The molecule has 1 aromatic rings. The molecule has 5 aliphatic heterocycles. The molecule has 0 saturated carbocycles. The summed E-state index contributed by atoms with van der Waals surface area (Å²) < 4.78 is 23.4. The van der Waals surface area contributed by atoms with Crippen molar-refractivity contribution in [1.29, 1.82) is 0 Å². The Morgan fingerprint density at radius 1 is 1.33 bits per heavy atom. The van der Waals surface area contributed by atoms with Gasteiger partial charge in [-0.25, -0.2) is 4.79 Å². The van der Waals surface area contributed by atoms with E-state index in [1.54, 1.807) is 44.2 Å². The fraction of sp³-hybridized carbons (Fsp3) is 0.433. The van der Waals surface area contributed by atoms with Gasteiger partial charge in [0.1, 0.15) is 30.0 Å². The van der Waals surface area contributed by atoms with Crippen LogP contribution in [0.4, 0.5) is 0 Å². The maximum atomic E-state index is 12.8. The molecule has 15 nitrogen and oxygen atoms in total. The average Bonchev–Trinajstić information content (AvgIpc) is 3.76. The molecule has 1 amide bonds. The molecule has 0 fully saturated rings. The van der Waals surface area contributed by atoms with E-state index < -0.39 is 29.9 Å². The lowest BCUT2D eigenvalue weighted by Crippen LogP contribution is -2.53. The van der Waals surface area contributed by atoms with Crippen LogP contribution in [-0.2, 0) is 20.7 Å². The predicted octanol–water partition coefficient (Wildman–Crippen LogP) is 0.373. The number of aliphatic imine (C=N–C) groups is 3. The van der Waals surface area contributed by atoms with Crippen molar-refractivity contribution in [3.8, 4) is 17.2 Å². The van der Waals surface area contributed by atoms with Gasteiger partial charge in [-0.05, 0) is 38.3 Å². The van der Waals surface area contributed by atoms with E-state index in [0.29, 0.717) is 60.0 Å². The third-order valence-corrected chi connectivity index (χ3v) is 8.12. The largest absolute Gasteiger partial charge is 0.496 e. The van der Waals surface area contributed by atoms with Gasteiger partial charge in [0.25, 0.3) is 0 Å². The molecule has 3 unspecified atom stereocenters. The second-order valence-electron chi connectivity index (χ2n) is 11.1. The van der Waals surface area contributed by atoms with Gasteiger partial charge in [-0.15, -0.1) is 0 Å². The molecule has 0 saturated heterocycles. The first-order valence-corrected chi connectivity index (χ1v) is 14.6. The van der Waals surface area contributed by atoms with E-state index in [1.807, 2.05) is 17.2 Å². The zero-order valence-corrected chi connectivity index (χ0v) is 25.1. The molecule has 3 atom stereocenters. The summed E-state index contributed by atoms with van der Waals surface area (Å²) in [6.07, 6.45) is 7.29. The van der Waals surface area contributed by atoms with E-state index >= 15 is 0 Å². The van der Waals surface area contributed by atoms with Gasteiger partial charge in [0.05, 0.1) is 24.9 Å². The van der Waals surface area contributed by atoms with E-state index in [9.17, 15) is 19.8 Å². The minimum Gasteiger partial charge on any atom is -0.496 e. The highest BCUT2D eigenvalue weighted by molar-refractivity contribution is 6.69. The number of rotatable bonds is 10. The second-order valence-corrected chi connectivity index (χ2v) is 11.1. The van der Waals surface area contributed by atoms with E-state index in [-0.39, 0.29) is 37.3 Å². The molecule has 0 aliphatic carbocycles. The fourth-order valence-corrected chi connectivity index (χ4v) is 5.90. The highest BCUT2D eigenvalue weighted by atomic mass is 16.6. The Labute approximate surface area is 259 Å². The number of ether oxygens (including phenoxy) is 4. The number of methoxy groups -OCH3 is 1. The van der Waals surface area contributed by atoms with Crippen molar-refractivity contribution in [3.05, 3.63) is 47.5 Å². The van der Waals surface area contributed by atoms with Gasteiger partial charge in [0, 0.05) is 43.6 Å². The van der Waals surface area contributed by atoms with Gasteiger partial charge < -0.3 is 45.1 Å². The summed E-state index contributed by atoms with van der Waals surface area (Å²) in [5.74, 6) is 0.375. The fourth-order valence-electron chi connectivity index (χ4n) is 5.90. The van der Waals surface area contributed by atoms with Crippen molar-refractivity contribution < 1.29 is 38.7 Å². The molecule has 0 aromatic heterocycles. The van der Waals surface area contributed by atoms with Crippen molar-refractivity contribution in [2.75, 3.05) is 33.5 Å². The first kappa shape index (κ1) is 30.1. The summed E-state index contributed by atoms with van der Waals surface area (Å²) in [6, 6.07) is 1.70. The summed E-state index contributed by atoms with van der Waals surface area (Å²) in [5, 5.41) is 23.7. The molecule has 238 valence electrons. The molecule has 5 aliphatic rings. The molecule has 5 heterocycles. The number of amidine groups is 1. The molecule has 5 N–H and O–H groups in total. The summed E-state index contributed by atoms with van der Waals surface area (Å²) in [4.78, 5) is 41.1. The third kappa shape index (κ3) is 5.48. The van der Waals surface area contributed by atoms with Crippen molar-refractivity contribution in [1.82, 2.24) is 15.1 Å². The van der Waals surface area contributed by atoms with Crippen LogP contribution in [0.5, 0.6) is 17.2 Å². The van der Waals surface area contributed by atoms with E-state index in [4.69, 9.17) is 24.7 Å². The Balaban J connectivity index is 1.33. The van der Waals surface area contributed by atoms with Gasteiger partial charge in [-0.1, -0.05) is 6.08 Å². The number of esters is 1. The SMILES string of the molecule is CCOC(=O)C1=CC(=CCN2C=CNC2N2CN=C3C(=O)N=C(N)N=C32)c2c(cc3c(c2OC)CC(C(C)(O)CCCO)O3)O1. The standard InChI is InChI=1S/C30H35N7O8/c1-4-43-27(40)20-12-16(6-9-36-10-8-32-29(36)37-15-33-23-25(37)34-28(31)35-26(23)39)22-19(44-20)14-18-17(24(22)42-3)13-21(45-18)30(2,41)7-5-11-38/h6,8,10,12,14,21,29,32,38,41H,4-5,7,9,11,13,15H2,1-3H3,(H2,31,35,39). The van der Waals surface area contributed by atoms with Crippen LogP contribution in [0, 0.1) is 0 Å². The monoisotopic (exact) mass is 621 g/mol. The van der Waals surface area contributed by atoms with Gasteiger partial charge in [-0.3, -0.25) is 14.7 Å². The maximum Gasteiger partial charge on any atom is 0.374 e. The lowest BCUT2D eigenvalue weighted by Gasteiger charge is -2.33. The second kappa shape index (κ2) is 11.9. The predicted molar refractivity (Wildman–Crippen MR) is 162 cm³/mol. The summed E-state index contributed by atoms with van der Waals surface area (Å²) in [6.45, 7) is 4.05. The number of fused-ring (bicyclic) bond motifs is 3. The van der Waals surface area contributed by atoms with Gasteiger partial charge in [-0.2, -0.15) is 9.98 Å². The number of carbonyl (C=O) groups excluding carboxylic acids is 2.